The minimum absolute atomic E-state index is 0.0472. The smallest absolute Gasteiger partial charge is 0.315 e. The molecule has 1 aliphatic rings. The number of aromatic nitrogens is 2. The maximum Gasteiger partial charge on any atom is 0.329 e. The molecule has 2 aromatic rings. The number of hydrogen-bond donors (Lipinski definition) is 2. The standard InChI is InChI=1S/C14H17N3O2/c1-9-4-2-6-11-12(9)13(18)17(14(19)16-11)10-5-3-7-15-8-10/h2,4,6,10,15H,3,5,7-8H2,1H3,(H,16,19). The highest BCUT2D eigenvalue weighted by atomic mass is 16.2. The van der Waals surface area contributed by atoms with E-state index in [1.54, 1.807) is 6.07 Å². The molecule has 2 heterocycles. The van der Waals surface area contributed by atoms with Crippen LogP contribution in [-0.4, -0.2) is 22.6 Å². The normalized spacial score (nSPS) is 19.7. The molecule has 1 aromatic heterocycles. The molecule has 19 heavy (non-hydrogen) atoms. The van der Waals surface area contributed by atoms with Gasteiger partial charge in [-0.05, 0) is 37.9 Å². The van der Waals surface area contributed by atoms with Crippen molar-refractivity contribution in [2.75, 3.05) is 13.1 Å². The van der Waals surface area contributed by atoms with E-state index in [4.69, 9.17) is 0 Å². The molecule has 0 radical (unpaired) electrons. The summed E-state index contributed by atoms with van der Waals surface area (Å²) in [4.78, 5) is 27.5. The fourth-order valence-corrected chi connectivity index (χ4v) is 2.83. The molecule has 0 spiro atoms. The molecule has 0 amide bonds. The molecule has 100 valence electrons. The van der Waals surface area contributed by atoms with Gasteiger partial charge in [-0.3, -0.25) is 9.36 Å². The van der Waals surface area contributed by atoms with E-state index >= 15 is 0 Å². The molecule has 1 aliphatic heterocycles. The number of aryl methyl sites for hydroxylation is 1. The average molecular weight is 259 g/mol. The minimum atomic E-state index is -0.309. The molecule has 0 bridgehead atoms. The lowest BCUT2D eigenvalue weighted by atomic mass is 10.1. The Morgan fingerprint density at radius 2 is 2.16 bits per heavy atom. The number of fused-ring (bicyclic) bond motifs is 1. The quantitative estimate of drug-likeness (QED) is 0.800. The average Bonchev–Trinajstić information content (AvgIpc) is 2.39. The maximum atomic E-state index is 12.6. The summed E-state index contributed by atoms with van der Waals surface area (Å²) in [6.45, 7) is 3.53. The summed E-state index contributed by atoms with van der Waals surface area (Å²) in [6.07, 6.45) is 1.86. The summed E-state index contributed by atoms with van der Waals surface area (Å²) in [5.74, 6) is 0. The molecule has 0 saturated carbocycles. The van der Waals surface area contributed by atoms with E-state index in [1.165, 1.54) is 4.57 Å². The van der Waals surface area contributed by atoms with Crippen molar-refractivity contribution in [1.29, 1.82) is 0 Å². The summed E-state index contributed by atoms with van der Waals surface area (Å²) >= 11 is 0. The SMILES string of the molecule is Cc1cccc2[nH]c(=O)n(C3CCCNC3)c(=O)c12. The van der Waals surface area contributed by atoms with Crippen LogP contribution in [0.2, 0.25) is 0 Å². The van der Waals surface area contributed by atoms with E-state index in [1.807, 2.05) is 19.1 Å². The lowest BCUT2D eigenvalue weighted by Crippen LogP contribution is -2.44. The Labute approximate surface area is 110 Å². The van der Waals surface area contributed by atoms with Crippen LogP contribution < -0.4 is 16.6 Å². The second-order valence-corrected chi connectivity index (χ2v) is 5.10. The Morgan fingerprint density at radius 3 is 2.89 bits per heavy atom. The van der Waals surface area contributed by atoms with Gasteiger partial charge in [-0.15, -0.1) is 0 Å². The van der Waals surface area contributed by atoms with Crippen LogP contribution in [0.15, 0.2) is 27.8 Å². The second-order valence-electron chi connectivity index (χ2n) is 5.10. The van der Waals surface area contributed by atoms with Gasteiger partial charge >= 0.3 is 5.69 Å². The number of aromatic amines is 1. The summed E-state index contributed by atoms with van der Waals surface area (Å²) in [5.41, 5.74) is 1.04. The predicted molar refractivity (Wildman–Crippen MR) is 74.7 cm³/mol. The van der Waals surface area contributed by atoms with E-state index in [2.05, 4.69) is 10.3 Å². The van der Waals surface area contributed by atoms with Gasteiger partial charge in [-0.1, -0.05) is 12.1 Å². The molecule has 3 rings (SSSR count). The van der Waals surface area contributed by atoms with Crippen molar-refractivity contribution in [1.82, 2.24) is 14.9 Å². The summed E-state index contributed by atoms with van der Waals surface area (Å²) in [6, 6.07) is 5.47. The van der Waals surface area contributed by atoms with Crippen LogP contribution in [-0.2, 0) is 0 Å². The Hall–Kier alpha value is -1.88. The minimum Gasteiger partial charge on any atom is -0.315 e. The van der Waals surface area contributed by atoms with Crippen LogP contribution in [0.5, 0.6) is 0 Å². The van der Waals surface area contributed by atoms with Crippen LogP contribution >= 0.6 is 0 Å². The van der Waals surface area contributed by atoms with Crippen LogP contribution in [0.1, 0.15) is 24.4 Å². The highest BCUT2D eigenvalue weighted by Crippen LogP contribution is 2.15. The topological polar surface area (TPSA) is 66.9 Å². The van der Waals surface area contributed by atoms with E-state index < -0.39 is 0 Å². The molecular formula is C14H17N3O2. The zero-order chi connectivity index (χ0) is 13.4. The molecular weight excluding hydrogens is 242 g/mol. The van der Waals surface area contributed by atoms with Gasteiger partial charge in [0.1, 0.15) is 0 Å². The van der Waals surface area contributed by atoms with E-state index in [9.17, 15) is 9.59 Å². The van der Waals surface area contributed by atoms with Crippen molar-refractivity contribution in [3.05, 3.63) is 44.6 Å². The third-order valence-electron chi connectivity index (χ3n) is 3.80. The monoisotopic (exact) mass is 259 g/mol. The Bertz CT molecular complexity index is 724. The van der Waals surface area contributed by atoms with Crippen molar-refractivity contribution in [2.24, 2.45) is 0 Å². The Kier molecular flexibility index (Phi) is 2.98. The summed E-state index contributed by atoms with van der Waals surface area (Å²) < 4.78 is 1.38. The lowest BCUT2D eigenvalue weighted by Gasteiger charge is -2.24. The van der Waals surface area contributed by atoms with Gasteiger partial charge in [-0.25, -0.2) is 4.79 Å². The number of nitrogens with zero attached hydrogens (tertiary/aromatic N) is 1. The van der Waals surface area contributed by atoms with Crippen molar-refractivity contribution in [3.63, 3.8) is 0 Å². The number of rotatable bonds is 1. The zero-order valence-corrected chi connectivity index (χ0v) is 10.9. The van der Waals surface area contributed by atoms with E-state index in [0.29, 0.717) is 17.4 Å². The van der Waals surface area contributed by atoms with Gasteiger partial charge in [0.05, 0.1) is 16.9 Å². The fraction of sp³-hybridized carbons (Fsp3) is 0.429. The number of piperidine rings is 1. The first kappa shape index (κ1) is 12.2. The van der Waals surface area contributed by atoms with Crippen molar-refractivity contribution in [3.8, 4) is 0 Å². The molecule has 2 N–H and O–H groups in total. The van der Waals surface area contributed by atoms with Gasteiger partial charge in [0.2, 0.25) is 0 Å². The highest BCUT2D eigenvalue weighted by molar-refractivity contribution is 5.80. The van der Waals surface area contributed by atoms with Crippen molar-refractivity contribution >= 4 is 10.9 Å². The molecule has 5 nitrogen and oxygen atoms in total. The first-order chi connectivity index (χ1) is 9.18. The molecule has 1 unspecified atom stereocenters. The first-order valence-electron chi connectivity index (χ1n) is 6.63. The molecule has 1 aromatic carbocycles. The summed E-state index contributed by atoms with van der Waals surface area (Å²) in [5, 5.41) is 3.86. The number of nitrogens with one attached hydrogen (secondary N) is 2. The first-order valence-corrected chi connectivity index (χ1v) is 6.63. The lowest BCUT2D eigenvalue weighted by molar-refractivity contribution is 0.355. The maximum absolute atomic E-state index is 12.6. The van der Waals surface area contributed by atoms with Gasteiger partial charge < -0.3 is 10.3 Å². The molecule has 1 atom stereocenters. The largest absolute Gasteiger partial charge is 0.329 e. The fourth-order valence-electron chi connectivity index (χ4n) is 2.83. The highest BCUT2D eigenvalue weighted by Gasteiger charge is 2.20. The van der Waals surface area contributed by atoms with Crippen LogP contribution in [0, 0.1) is 6.92 Å². The van der Waals surface area contributed by atoms with Crippen LogP contribution in [0.3, 0.4) is 0 Å². The summed E-state index contributed by atoms with van der Waals surface area (Å²) in [7, 11) is 0. The Morgan fingerprint density at radius 1 is 1.32 bits per heavy atom. The second kappa shape index (κ2) is 4.66. The Balaban J connectivity index is 2.27. The third-order valence-corrected chi connectivity index (χ3v) is 3.80. The zero-order valence-electron chi connectivity index (χ0n) is 10.9. The van der Waals surface area contributed by atoms with Crippen molar-refractivity contribution < 1.29 is 0 Å². The molecule has 1 saturated heterocycles. The van der Waals surface area contributed by atoms with Gasteiger partial charge in [0.25, 0.3) is 5.56 Å². The third kappa shape index (κ3) is 2.00. The van der Waals surface area contributed by atoms with Gasteiger partial charge in [0.15, 0.2) is 0 Å². The molecule has 1 fully saturated rings. The van der Waals surface area contributed by atoms with Crippen LogP contribution in [0.25, 0.3) is 10.9 Å². The van der Waals surface area contributed by atoms with E-state index in [-0.39, 0.29) is 17.3 Å². The van der Waals surface area contributed by atoms with E-state index in [0.717, 1.165) is 24.9 Å². The predicted octanol–water partition coefficient (Wildman–Crippen LogP) is 0.923. The number of H-pyrrole nitrogens is 1. The number of benzene rings is 1. The van der Waals surface area contributed by atoms with Gasteiger partial charge in [0, 0.05) is 6.54 Å². The molecule has 5 heteroatoms. The number of hydrogen-bond acceptors (Lipinski definition) is 3. The van der Waals surface area contributed by atoms with Crippen molar-refractivity contribution in [2.45, 2.75) is 25.8 Å². The van der Waals surface area contributed by atoms with Gasteiger partial charge in [-0.2, -0.15) is 0 Å². The molecule has 0 aliphatic carbocycles. The van der Waals surface area contributed by atoms with Crippen LogP contribution in [0.4, 0.5) is 0 Å².